The smallest absolute Gasteiger partial charge is 0.338 e. The summed E-state index contributed by atoms with van der Waals surface area (Å²) in [5.41, 5.74) is 0.739. The van der Waals surface area contributed by atoms with Crippen LogP contribution in [0, 0.1) is 0 Å². The molecule has 180 valence electrons. The van der Waals surface area contributed by atoms with Crippen LogP contribution in [0.15, 0.2) is 91.0 Å². The molecule has 0 spiro atoms. The summed E-state index contributed by atoms with van der Waals surface area (Å²) >= 11 is 0. The Morgan fingerprint density at radius 1 is 0.600 bits per heavy atom. The summed E-state index contributed by atoms with van der Waals surface area (Å²) in [7, 11) is 0. The minimum atomic E-state index is -1.63. The van der Waals surface area contributed by atoms with Crippen LogP contribution in [-0.2, 0) is 18.9 Å². The number of benzene rings is 3. The van der Waals surface area contributed by atoms with E-state index in [1.54, 1.807) is 97.9 Å². The van der Waals surface area contributed by atoms with Crippen LogP contribution in [-0.4, -0.2) is 53.7 Å². The lowest BCUT2D eigenvalue weighted by molar-refractivity contribution is -0.275. The van der Waals surface area contributed by atoms with Gasteiger partial charge in [0, 0.05) is 0 Å². The molecule has 35 heavy (non-hydrogen) atoms. The van der Waals surface area contributed by atoms with Crippen molar-refractivity contribution in [1.29, 1.82) is 0 Å². The average Bonchev–Trinajstić information content (AvgIpc) is 2.89. The highest BCUT2D eigenvalue weighted by Gasteiger charge is 2.50. The number of aliphatic hydroxyl groups excluding tert-OH is 1. The third-order valence-electron chi connectivity index (χ3n) is 5.50. The van der Waals surface area contributed by atoms with Gasteiger partial charge in [-0.15, -0.1) is 0 Å². The predicted molar refractivity (Wildman–Crippen MR) is 123 cm³/mol. The Hall–Kier alpha value is -4.01. The molecule has 1 aliphatic heterocycles. The summed E-state index contributed by atoms with van der Waals surface area (Å²) in [6.45, 7) is 1.56. The molecule has 1 heterocycles. The normalized spacial score (nSPS) is 23.7. The van der Waals surface area contributed by atoms with Gasteiger partial charge in [0.05, 0.1) is 22.8 Å². The average molecular weight is 476 g/mol. The Labute approximate surface area is 202 Å². The van der Waals surface area contributed by atoms with Crippen LogP contribution in [0.25, 0.3) is 0 Å². The summed E-state index contributed by atoms with van der Waals surface area (Å²) in [5.74, 6) is -2.18. The summed E-state index contributed by atoms with van der Waals surface area (Å²) in [6.07, 6.45) is -6.48. The maximum Gasteiger partial charge on any atom is 0.338 e. The molecule has 0 saturated carbocycles. The molecule has 1 N–H and O–H groups in total. The van der Waals surface area contributed by atoms with Gasteiger partial charge >= 0.3 is 17.9 Å². The first-order valence-corrected chi connectivity index (χ1v) is 11.1. The topological polar surface area (TPSA) is 108 Å². The Morgan fingerprint density at radius 2 is 0.943 bits per heavy atom. The predicted octanol–water partition coefficient (Wildman–Crippen LogP) is 3.40. The van der Waals surface area contributed by atoms with E-state index in [2.05, 4.69) is 0 Å². The van der Waals surface area contributed by atoms with E-state index in [1.165, 1.54) is 0 Å². The second-order valence-electron chi connectivity index (χ2n) is 7.94. The first-order chi connectivity index (χ1) is 16.9. The highest BCUT2D eigenvalue weighted by Crippen LogP contribution is 2.29. The minimum absolute atomic E-state index is 0.226. The quantitative estimate of drug-likeness (QED) is 0.426. The summed E-state index contributed by atoms with van der Waals surface area (Å²) in [4.78, 5) is 38.5. The van der Waals surface area contributed by atoms with Gasteiger partial charge in [-0.1, -0.05) is 54.6 Å². The number of esters is 3. The van der Waals surface area contributed by atoms with Crippen LogP contribution in [0.1, 0.15) is 38.0 Å². The van der Waals surface area contributed by atoms with E-state index in [4.69, 9.17) is 18.9 Å². The molecule has 8 heteroatoms. The Balaban J connectivity index is 1.63. The monoisotopic (exact) mass is 476 g/mol. The van der Waals surface area contributed by atoms with Crippen LogP contribution in [0.3, 0.4) is 0 Å². The van der Waals surface area contributed by atoms with Crippen molar-refractivity contribution in [2.24, 2.45) is 0 Å². The Kier molecular flexibility index (Phi) is 7.54. The van der Waals surface area contributed by atoms with Crippen molar-refractivity contribution >= 4 is 17.9 Å². The van der Waals surface area contributed by atoms with E-state index in [-0.39, 0.29) is 16.7 Å². The number of hydrogen-bond acceptors (Lipinski definition) is 8. The highest BCUT2D eigenvalue weighted by atomic mass is 16.7. The number of hydrogen-bond donors (Lipinski definition) is 1. The molecule has 0 bridgehead atoms. The molecular weight excluding hydrogens is 452 g/mol. The van der Waals surface area contributed by atoms with Crippen LogP contribution in [0.4, 0.5) is 0 Å². The first-order valence-electron chi connectivity index (χ1n) is 11.1. The van der Waals surface area contributed by atoms with E-state index in [0.717, 1.165) is 0 Å². The molecule has 3 aromatic carbocycles. The van der Waals surface area contributed by atoms with E-state index >= 15 is 0 Å². The van der Waals surface area contributed by atoms with E-state index < -0.39 is 48.6 Å². The van der Waals surface area contributed by atoms with Gasteiger partial charge in [0.1, 0.15) is 0 Å². The lowest BCUT2D eigenvalue weighted by atomic mass is 9.98. The van der Waals surface area contributed by atoms with Gasteiger partial charge in [-0.3, -0.25) is 0 Å². The van der Waals surface area contributed by atoms with Crippen LogP contribution < -0.4 is 0 Å². The second kappa shape index (κ2) is 10.9. The van der Waals surface area contributed by atoms with Crippen molar-refractivity contribution < 1.29 is 38.4 Å². The lowest BCUT2D eigenvalue weighted by Gasteiger charge is -2.42. The number of carbonyl (C=O) groups excluding carboxylic acids is 3. The molecular formula is C27H24O8. The zero-order valence-corrected chi connectivity index (χ0v) is 18.9. The fourth-order valence-corrected chi connectivity index (χ4v) is 3.71. The molecule has 4 rings (SSSR count). The van der Waals surface area contributed by atoms with Gasteiger partial charge in [0.2, 0.25) is 0 Å². The van der Waals surface area contributed by atoms with E-state index in [0.29, 0.717) is 0 Å². The van der Waals surface area contributed by atoms with Gasteiger partial charge < -0.3 is 24.1 Å². The van der Waals surface area contributed by atoms with Crippen molar-refractivity contribution in [1.82, 2.24) is 0 Å². The summed E-state index contributed by atoms with van der Waals surface area (Å²) < 4.78 is 22.4. The zero-order valence-electron chi connectivity index (χ0n) is 18.9. The maximum absolute atomic E-state index is 12.9. The fraction of sp³-hybridized carbons (Fsp3) is 0.222. The maximum atomic E-state index is 12.9. The van der Waals surface area contributed by atoms with Crippen molar-refractivity contribution in [2.45, 2.75) is 37.6 Å². The Bertz CT molecular complexity index is 1080. The molecule has 1 fully saturated rings. The van der Waals surface area contributed by atoms with Crippen molar-refractivity contribution in [3.63, 3.8) is 0 Å². The SMILES string of the molecule is CC1OC(O)C(OC(=O)c2ccccc2)[C@H](OC(=O)c2ccccc2)[C@H]1OC(=O)c1ccccc1. The number of rotatable bonds is 6. The van der Waals surface area contributed by atoms with E-state index in [9.17, 15) is 19.5 Å². The molecule has 3 aromatic rings. The van der Waals surface area contributed by atoms with Gasteiger partial charge in [-0.2, -0.15) is 0 Å². The Morgan fingerprint density at radius 3 is 1.34 bits per heavy atom. The van der Waals surface area contributed by atoms with Crippen LogP contribution >= 0.6 is 0 Å². The van der Waals surface area contributed by atoms with Gasteiger partial charge in [-0.05, 0) is 43.3 Å². The molecule has 0 aliphatic carbocycles. The largest absolute Gasteiger partial charge is 0.452 e. The third-order valence-corrected chi connectivity index (χ3v) is 5.50. The number of aliphatic hydroxyl groups is 1. The zero-order chi connectivity index (χ0) is 24.8. The fourth-order valence-electron chi connectivity index (χ4n) is 3.71. The van der Waals surface area contributed by atoms with Crippen molar-refractivity contribution in [3.8, 4) is 0 Å². The van der Waals surface area contributed by atoms with Crippen LogP contribution in [0.5, 0.6) is 0 Å². The molecule has 1 saturated heterocycles. The van der Waals surface area contributed by atoms with Gasteiger partial charge in [0.15, 0.2) is 24.6 Å². The molecule has 3 unspecified atom stereocenters. The minimum Gasteiger partial charge on any atom is -0.452 e. The first kappa shape index (κ1) is 24.1. The molecule has 5 atom stereocenters. The third kappa shape index (κ3) is 5.74. The summed E-state index contributed by atoms with van der Waals surface area (Å²) in [6, 6.07) is 24.6. The molecule has 0 radical (unpaired) electrons. The lowest BCUT2D eigenvalue weighted by Crippen LogP contribution is -2.60. The standard InChI is InChI=1S/C27H24O8/c1-17-21(33-24(28)18-11-5-2-6-12-18)22(34-25(29)19-13-7-3-8-14-19)23(27(31)32-17)35-26(30)20-15-9-4-10-16-20/h2-17,21-23,27,31H,1H3/t17?,21-,22+,23?,27?/m0/s1. The molecule has 1 aliphatic rings. The van der Waals surface area contributed by atoms with Crippen LogP contribution in [0.2, 0.25) is 0 Å². The highest BCUT2D eigenvalue weighted by molar-refractivity contribution is 5.91. The molecule has 0 aromatic heterocycles. The molecule has 8 nitrogen and oxygen atoms in total. The van der Waals surface area contributed by atoms with Gasteiger partial charge in [0.25, 0.3) is 0 Å². The molecule has 0 amide bonds. The number of ether oxygens (including phenoxy) is 4. The van der Waals surface area contributed by atoms with E-state index in [1.807, 2.05) is 0 Å². The summed E-state index contributed by atoms with van der Waals surface area (Å²) in [5, 5.41) is 10.6. The second-order valence-corrected chi connectivity index (χ2v) is 7.94. The van der Waals surface area contributed by atoms with Gasteiger partial charge in [-0.25, -0.2) is 14.4 Å². The number of carbonyl (C=O) groups is 3. The van der Waals surface area contributed by atoms with Crippen molar-refractivity contribution in [2.75, 3.05) is 0 Å². The van der Waals surface area contributed by atoms with Crippen molar-refractivity contribution in [3.05, 3.63) is 108 Å².